The Labute approximate surface area is 178 Å². The van der Waals surface area contributed by atoms with Crippen LogP contribution in [0.15, 0.2) is 60.7 Å². The number of nitriles is 1. The zero-order valence-corrected chi connectivity index (χ0v) is 16.9. The van der Waals surface area contributed by atoms with Gasteiger partial charge in [0.1, 0.15) is 11.4 Å². The third kappa shape index (κ3) is 3.84. The smallest absolute Gasteiger partial charge is 0.156 e. The lowest BCUT2D eigenvalue weighted by molar-refractivity contribution is 0.415. The SMILES string of the molecule is COc1ccc(CNc2nnc(-c3cccc(N)c3)c3ccc(C#N)cc23)cc1Cl. The highest BCUT2D eigenvalue weighted by Gasteiger charge is 2.13. The molecule has 3 N–H and O–H groups in total. The number of nitrogens with one attached hydrogen (secondary N) is 1. The van der Waals surface area contributed by atoms with E-state index in [0.717, 1.165) is 21.9 Å². The topological polar surface area (TPSA) is 96.8 Å². The van der Waals surface area contributed by atoms with Crippen LogP contribution in [-0.2, 0) is 6.54 Å². The van der Waals surface area contributed by atoms with Crippen LogP contribution in [-0.4, -0.2) is 17.3 Å². The molecule has 0 spiro atoms. The van der Waals surface area contributed by atoms with E-state index in [4.69, 9.17) is 22.1 Å². The molecule has 0 saturated heterocycles. The summed E-state index contributed by atoms with van der Waals surface area (Å²) in [4.78, 5) is 0. The quantitative estimate of drug-likeness (QED) is 0.444. The largest absolute Gasteiger partial charge is 0.495 e. The van der Waals surface area contributed by atoms with Crippen molar-refractivity contribution < 1.29 is 4.74 Å². The molecule has 0 aliphatic rings. The second-order valence-corrected chi connectivity index (χ2v) is 7.12. The molecular formula is C23H18ClN5O. The van der Waals surface area contributed by atoms with Crippen LogP contribution in [0.25, 0.3) is 22.0 Å². The molecule has 0 bridgehead atoms. The summed E-state index contributed by atoms with van der Waals surface area (Å²) in [5.74, 6) is 1.21. The Kier molecular flexibility index (Phi) is 5.38. The Morgan fingerprint density at radius 3 is 2.67 bits per heavy atom. The van der Waals surface area contributed by atoms with Crippen molar-refractivity contribution in [2.75, 3.05) is 18.2 Å². The van der Waals surface area contributed by atoms with Gasteiger partial charge in [-0.05, 0) is 42.0 Å². The third-order valence-corrected chi connectivity index (χ3v) is 5.04. The molecule has 0 unspecified atom stereocenters. The highest BCUT2D eigenvalue weighted by molar-refractivity contribution is 6.32. The summed E-state index contributed by atoms with van der Waals surface area (Å²) in [6.07, 6.45) is 0. The third-order valence-electron chi connectivity index (χ3n) is 4.75. The number of methoxy groups -OCH3 is 1. The molecule has 0 amide bonds. The zero-order chi connectivity index (χ0) is 21.1. The molecule has 3 aromatic carbocycles. The van der Waals surface area contributed by atoms with Gasteiger partial charge in [-0.1, -0.05) is 35.9 Å². The number of halogens is 1. The van der Waals surface area contributed by atoms with Crippen LogP contribution in [0.1, 0.15) is 11.1 Å². The fraction of sp³-hybridized carbons (Fsp3) is 0.0870. The predicted molar refractivity (Wildman–Crippen MR) is 119 cm³/mol. The van der Waals surface area contributed by atoms with Crippen molar-refractivity contribution >= 4 is 33.9 Å². The highest BCUT2D eigenvalue weighted by Crippen LogP contribution is 2.32. The molecule has 0 fully saturated rings. The number of ether oxygens (including phenoxy) is 1. The van der Waals surface area contributed by atoms with Gasteiger partial charge < -0.3 is 15.8 Å². The molecule has 4 rings (SSSR count). The van der Waals surface area contributed by atoms with E-state index in [1.807, 2.05) is 54.6 Å². The van der Waals surface area contributed by atoms with Gasteiger partial charge >= 0.3 is 0 Å². The summed E-state index contributed by atoms with van der Waals surface area (Å²) < 4.78 is 5.20. The molecule has 0 aliphatic carbocycles. The molecule has 0 aliphatic heterocycles. The Morgan fingerprint density at radius 2 is 1.93 bits per heavy atom. The number of anilines is 2. The first-order valence-corrected chi connectivity index (χ1v) is 9.59. The van der Waals surface area contributed by atoms with Crippen LogP contribution in [0.2, 0.25) is 5.02 Å². The van der Waals surface area contributed by atoms with Crippen LogP contribution >= 0.6 is 11.6 Å². The van der Waals surface area contributed by atoms with Crippen molar-refractivity contribution in [3.05, 3.63) is 76.8 Å². The van der Waals surface area contributed by atoms with Gasteiger partial charge in [0.2, 0.25) is 0 Å². The van der Waals surface area contributed by atoms with Crippen LogP contribution in [0.3, 0.4) is 0 Å². The first kappa shape index (κ1) is 19.5. The number of nitrogens with zero attached hydrogens (tertiary/aromatic N) is 3. The Balaban J connectivity index is 1.74. The van der Waals surface area contributed by atoms with Crippen LogP contribution in [0.4, 0.5) is 11.5 Å². The number of rotatable bonds is 5. The fourth-order valence-corrected chi connectivity index (χ4v) is 3.54. The zero-order valence-electron chi connectivity index (χ0n) is 16.2. The lowest BCUT2D eigenvalue weighted by atomic mass is 10.0. The molecular weight excluding hydrogens is 398 g/mol. The van der Waals surface area contributed by atoms with Crippen molar-refractivity contribution in [2.24, 2.45) is 0 Å². The maximum Gasteiger partial charge on any atom is 0.156 e. The summed E-state index contributed by atoms with van der Waals surface area (Å²) in [5.41, 5.74) is 9.67. The van der Waals surface area contributed by atoms with Gasteiger partial charge in [0, 0.05) is 28.6 Å². The molecule has 0 atom stereocenters. The van der Waals surface area contributed by atoms with E-state index < -0.39 is 0 Å². The second-order valence-electron chi connectivity index (χ2n) is 6.72. The lowest BCUT2D eigenvalue weighted by Crippen LogP contribution is -2.05. The van der Waals surface area contributed by atoms with E-state index in [1.54, 1.807) is 13.2 Å². The average molecular weight is 416 g/mol. The van der Waals surface area contributed by atoms with E-state index >= 15 is 0 Å². The molecule has 1 aromatic heterocycles. The molecule has 4 aromatic rings. The summed E-state index contributed by atoms with van der Waals surface area (Å²) in [5, 5.41) is 23.7. The number of hydrogen-bond acceptors (Lipinski definition) is 6. The predicted octanol–water partition coefficient (Wildman–Crippen LogP) is 5.02. The van der Waals surface area contributed by atoms with Gasteiger partial charge in [0.05, 0.1) is 23.8 Å². The second kappa shape index (κ2) is 8.27. The standard InChI is InChI=1S/C23H18ClN5O/c1-30-21-8-6-15(10-20(21)24)13-27-23-19-9-14(12-25)5-7-18(19)22(28-29-23)16-3-2-4-17(26)11-16/h2-11H,13,26H2,1H3,(H,27,29). The van der Waals surface area contributed by atoms with E-state index in [0.29, 0.717) is 40.1 Å². The minimum atomic E-state index is 0.488. The number of aromatic nitrogens is 2. The first-order valence-electron chi connectivity index (χ1n) is 9.22. The molecule has 1 heterocycles. The lowest BCUT2D eigenvalue weighted by Gasteiger charge is -2.12. The molecule has 148 valence electrons. The number of fused-ring (bicyclic) bond motifs is 1. The number of nitrogen functional groups attached to an aromatic ring is 1. The van der Waals surface area contributed by atoms with Gasteiger partial charge in [-0.3, -0.25) is 0 Å². The minimum Gasteiger partial charge on any atom is -0.495 e. The van der Waals surface area contributed by atoms with Gasteiger partial charge in [0.25, 0.3) is 0 Å². The van der Waals surface area contributed by atoms with E-state index in [9.17, 15) is 5.26 Å². The monoisotopic (exact) mass is 415 g/mol. The average Bonchev–Trinajstić information content (AvgIpc) is 2.77. The van der Waals surface area contributed by atoms with E-state index in [1.165, 1.54) is 0 Å². The van der Waals surface area contributed by atoms with Crippen molar-refractivity contribution in [2.45, 2.75) is 6.54 Å². The minimum absolute atomic E-state index is 0.488. The van der Waals surface area contributed by atoms with Crippen LogP contribution in [0, 0.1) is 11.3 Å². The molecule has 0 radical (unpaired) electrons. The molecule has 0 saturated carbocycles. The number of nitrogens with two attached hydrogens (primary N) is 1. The van der Waals surface area contributed by atoms with Gasteiger partial charge in [-0.25, -0.2) is 0 Å². The Bertz CT molecular complexity index is 1280. The fourth-order valence-electron chi connectivity index (χ4n) is 3.26. The van der Waals surface area contributed by atoms with Gasteiger partial charge in [0.15, 0.2) is 5.82 Å². The maximum absolute atomic E-state index is 9.35. The Morgan fingerprint density at radius 1 is 1.07 bits per heavy atom. The summed E-state index contributed by atoms with van der Waals surface area (Å²) >= 11 is 6.22. The van der Waals surface area contributed by atoms with Crippen LogP contribution in [0.5, 0.6) is 5.75 Å². The highest BCUT2D eigenvalue weighted by atomic mass is 35.5. The molecule has 6 nitrogen and oxygen atoms in total. The summed E-state index contributed by atoms with van der Waals surface area (Å²) in [6.45, 7) is 0.488. The van der Waals surface area contributed by atoms with E-state index in [-0.39, 0.29) is 0 Å². The van der Waals surface area contributed by atoms with Gasteiger partial charge in [-0.2, -0.15) is 5.26 Å². The van der Waals surface area contributed by atoms with Crippen molar-refractivity contribution in [1.29, 1.82) is 5.26 Å². The number of hydrogen-bond donors (Lipinski definition) is 2. The molecule has 30 heavy (non-hydrogen) atoms. The number of benzene rings is 3. The van der Waals surface area contributed by atoms with Crippen molar-refractivity contribution in [1.82, 2.24) is 10.2 Å². The normalized spacial score (nSPS) is 10.6. The first-order chi connectivity index (χ1) is 14.6. The van der Waals surface area contributed by atoms with Crippen molar-refractivity contribution in [3.8, 4) is 23.1 Å². The van der Waals surface area contributed by atoms with Crippen molar-refractivity contribution in [3.63, 3.8) is 0 Å². The van der Waals surface area contributed by atoms with E-state index in [2.05, 4.69) is 21.6 Å². The van der Waals surface area contributed by atoms with Crippen LogP contribution < -0.4 is 15.8 Å². The summed E-state index contributed by atoms with van der Waals surface area (Å²) in [6, 6.07) is 20.7. The maximum atomic E-state index is 9.35. The Hall–Kier alpha value is -3.82. The summed E-state index contributed by atoms with van der Waals surface area (Å²) in [7, 11) is 1.58. The molecule has 7 heteroatoms. The van der Waals surface area contributed by atoms with Gasteiger partial charge in [-0.15, -0.1) is 10.2 Å².